The number of benzene rings is 3. The highest BCUT2D eigenvalue weighted by molar-refractivity contribution is 5.99. The van der Waals surface area contributed by atoms with Crippen molar-refractivity contribution in [2.45, 2.75) is 58.7 Å². The molecule has 0 atom stereocenters. The van der Waals surface area contributed by atoms with Crippen molar-refractivity contribution in [2.75, 3.05) is 23.7 Å². The predicted octanol–water partition coefficient (Wildman–Crippen LogP) is 7.94. The molecule has 1 fully saturated rings. The van der Waals surface area contributed by atoms with E-state index < -0.39 is 6.29 Å². The first-order chi connectivity index (χ1) is 22.8. The highest BCUT2D eigenvalue weighted by Gasteiger charge is 2.43. The van der Waals surface area contributed by atoms with Crippen LogP contribution in [0.1, 0.15) is 56.0 Å². The van der Waals surface area contributed by atoms with E-state index in [2.05, 4.69) is 40.9 Å². The van der Waals surface area contributed by atoms with E-state index in [1.54, 1.807) is 21.7 Å². The lowest BCUT2D eigenvalue weighted by atomic mass is 9.90. The van der Waals surface area contributed by atoms with Crippen molar-refractivity contribution < 1.29 is 27.8 Å². The molecule has 1 aromatic heterocycles. The third-order valence-corrected chi connectivity index (χ3v) is 8.50. The van der Waals surface area contributed by atoms with Crippen LogP contribution in [-0.2, 0) is 16.6 Å². The number of carbonyl (C=O) groups excluding carboxylic acids is 2. The standard InChI is InChI=1S/C37H39F2N5O4/c1-24-5-13-29(14-6-24)44-33(23-32(42-44)36(2,3)4)41-35(46)40-28-11-7-25(8-12-28)21-27-17-19-43(20-18-27)34(45)16-10-26-9-15-30-31(22-26)48-37(38,39)47-30/h5-16,22-23,27H,17-21H2,1-4H3,(H2,40,41,46)/b16-10+. The Morgan fingerprint density at radius 3 is 2.31 bits per heavy atom. The van der Waals surface area contributed by atoms with E-state index in [9.17, 15) is 18.4 Å². The zero-order valence-corrected chi connectivity index (χ0v) is 27.4. The Morgan fingerprint density at radius 1 is 0.938 bits per heavy atom. The van der Waals surface area contributed by atoms with Crippen molar-refractivity contribution in [3.05, 3.63) is 101 Å². The molecule has 11 heteroatoms. The Bertz CT molecular complexity index is 1820. The maximum absolute atomic E-state index is 13.3. The molecule has 9 nitrogen and oxygen atoms in total. The van der Waals surface area contributed by atoms with Crippen molar-refractivity contribution in [3.63, 3.8) is 0 Å². The first-order valence-electron chi connectivity index (χ1n) is 16.0. The molecule has 3 amide bonds. The third kappa shape index (κ3) is 7.84. The van der Waals surface area contributed by atoms with Gasteiger partial charge in [0.2, 0.25) is 5.91 Å². The number of amides is 3. The molecule has 0 aliphatic carbocycles. The molecule has 0 spiro atoms. The molecule has 2 aliphatic rings. The van der Waals surface area contributed by atoms with Crippen LogP contribution in [0.5, 0.6) is 11.5 Å². The second-order valence-corrected chi connectivity index (χ2v) is 13.4. The number of piperidine rings is 1. The summed E-state index contributed by atoms with van der Waals surface area (Å²) >= 11 is 0. The number of hydrogen-bond acceptors (Lipinski definition) is 5. The lowest BCUT2D eigenvalue weighted by molar-refractivity contribution is -0.286. The maximum Gasteiger partial charge on any atom is 0.586 e. The average Bonchev–Trinajstić information content (AvgIpc) is 3.60. The van der Waals surface area contributed by atoms with Gasteiger partial charge in [0, 0.05) is 36.3 Å². The fourth-order valence-corrected chi connectivity index (χ4v) is 5.76. The first kappa shape index (κ1) is 32.7. The van der Waals surface area contributed by atoms with Crippen LogP contribution in [-0.4, -0.2) is 46.0 Å². The molecule has 1 saturated heterocycles. The Balaban J connectivity index is 0.989. The van der Waals surface area contributed by atoms with Gasteiger partial charge in [-0.2, -0.15) is 5.10 Å². The lowest BCUT2D eigenvalue weighted by Gasteiger charge is -2.31. The van der Waals surface area contributed by atoms with Gasteiger partial charge in [-0.15, -0.1) is 8.78 Å². The number of aromatic nitrogens is 2. The highest BCUT2D eigenvalue weighted by atomic mass is 19.3. The smallest absolute Gasteiger partial charge is 0.395 e. The molecule has 0 radical (unpaired) electrons. The fraction of sp³-hybridized carbons (Fsp3) is 0.324. The van der Waals surface area contributed by atoms with Gasteiger partial charge in [0.15, 0.2) is 11.5 Å². The molecular weight excluding hydrogens is 616 g/mol. The second-order valence-electron chi connectivity index (χ2n) is 13.4. The molecule has 0 unspecified atom stereocenters. The summed E-state index contributed by atoms with van der Waals surface area (Å²) in [7, 11) is 0. The minimum atomic E-state index is -3.67. The number of anilines is 2. The van der Waals surface area contributed by atoms with E-state index in [4.69, 9.17) is 5.10 Å². The summed E-state index contributed by atoms with van der Waals surface area (Å²) in [4.78, 5) is 27.6. The molecule has 6 rings (SSSR count). The second kappa shape index (κ2) is 13.1. The summed E-state index contributed by atoms with van der Waals surface area (Å²) in [5.74, 6) is 0.796. The van der Waals surface area contributed by atoms with Gasteiger partial charge in [0.05, 0.1) is 11.4 Å². The predicted molar refractivity (Wildman–Crippen MR) is 181 cm³/mol. The van der Waals surface area contributed by atoms with Crippen LogP contribution >= 0.6 is 0 Å². The fourth-order valence-electron chi connectivity index (χ4n) is 5.76. The van der Waals surface area contributed by atoms with Crippen molar-refractivity contribution in [3.8, 4) is 17.2 Å². The molecule has 0 saturated carbocycles. The molecular formula is C37H39F2N5O4. The van der Waals surface area contributed by atoms with Gasteiger partial charge >= 0.3 is 12.3 Å². The van der Waals surface area contributed by atoms with Gasteiger partial charge in [0.25, 0.3) is 0 Å². The van der Waals surface area contributed by atoms with Crippen molar-refractivity contribution >= 4 is 29.5 Å². The van der Waals surface area contributed by atoms with E-state index >= 15 is 0 Å². The van der Waals surface area contributed by atoms with Gasteiger partial charge in [-0.1, -0.05) is 56.7 Å². The number of nitrogens with zero attached hydrogens (tertiary/aromatic N) is 3. The quantitative estimate of drug-likeness (QED) is 0.197. The van der Waals surface area contributed by atoms with Crippen LogP contribution < -0.4 is 20.1 Å². The monoisotopic (exact) mass is 655 g/mol. The zero-order valence-electron chi connectivity index (χ0n) is 27.4. The number of hydrogen-bond donors (Lipinski definition) is 2. The summed E-state index contributed by atoms with van der Waals surface area (Å²) in [6, 6.07) is 21.8. The molecule has 48 heavy (non-hydrogen) atoms. The Morgan fingerprint density at radius 2 is 1.62 bits per heavy atom. The number of halogens is 2. The average molecular weight is 656 g/mol. The minimum Gasteiger partial charge on any atom is -0.395 e. The molecule has 2 N–H and O–H groups in total. The lowest BCUT2D eigenvalue weighted by Crippen LogP contribution is -2.37. The summed E-state index contributed by atoms with van der Waals surface area (Å²) < 4.78 is 37.2. The normalized spacial score (nSPS) is 15.9. The van der Waals surface area contributed by atoms with Crippen LogP contribution in [0, 0.1) is 12.8 Å². The van der Waals surface area contributed by atoms with Crippen LogP contribution in [0.3, 0.4) is 0 Å². The summed E-state index contributed by atoms with van der Waals surface area (Å²) in [5.41, 5.74) is 5.08. The zero-order chi connectivity index (χ0) is 34.1. The third-order valence-electron chi connectivity index (χ3n) is 8.50. The largest absolute Gasteiger partial charge is 0.586 e. The van der Waals surface area contributed by atoms with Gasteiger partial charge in [0.1, 0.15) is 5.82 Å². The number of ether oxygens (including phenoxy) is 2. The van der Waals surface area contributed by atoms with Crippen LogP contribution in [0.4, 0.5) is 25.1 Å². The number of aryl methyl sites for hydroxylation is 1. The summed E-state index contributed by atoms with van der Waals surface area (Å²) in [6.07, 6.45) is 1.98. The van der Waals surface area contributed by atoms with Crippen molar-refractivity contribution in [1.82, 2.24) is 14.7 Å². The molecule has 3 aromatic carbocycles. The number of rotatable bonds is 7. The number of alkyl halides is 2. The topological polar surface area (TPSA) is 97.7 Å². The molecule has 0 bridgehead atoms. The number of urea groups is 1. The van der Waals surface area contributed by atoms with Gasteiger partial charge in [-0.25, -0.2) is 9.48 Å². The Hall–Kier alpha value is -5.19. The van der Waals surface area contributed by atoms with E-state index in [-0.39, 0.29) is 28.9 Å². The van der Waals surface area contributed by atoms with Crippen LogP contribution in [0.15, 0.2) is 78.9 Å². The van der Waals surface area contributed by atoms with E-state index in [1.807, 2.05) is 61.5 Å². The number of likely N-dealkylation sites (tertiary alicyclic amines) is 1. The summed E-state index contributed by atoms with van der Waals surface area (Å²) in [6.45, 7) is 9.55. The molecule has 4 aromatic rings. The minimum absolute atomic E-state index is 0.0324. The van der Waals surface area contributed by atoms with E-state index in [0.717, 1.165) is 41.8 Å². The van der Waals surface area contributed by atoms with Gasteiger partial charge < -0.3 is 19.7 Å². The van der Waals surface area contributed by atoms with E-state index in [1.165, 1.54) is 18.2 Å². The number of nitrogens with one attached hydrogen (secondary N) is 2. The van der Waals surface area contributed by atoms with Crippen molar-refractivity contribution in [1.29, 1.82) is 0 Å². The molecule has 250 valence electrons. The van der Waals surface area contributed by atoms with Gasteiger partial charge in [-0.3, -0.25) is 10.1 Å². The van der Waals surface area contributed by atoms with Crippen molar-refractivity contribution in [2.24, 2.45) is 5.92 Å². The Labute approximate surface area is 278 Å². The number of fused-ring (bicyclic) bond motifs is 1. The summed E-state index contributed by atoms with van der Waals surface area (Å²) in [5, 5.41) is 10.7. The van der Waals surface area contributed by atoms with Crippen LogP contribution in [0.25, 0.3) is 11.8 Å². The molecule has 3 heterocycles. The number of carbonyl (C=O) groups is 2. The first-order valence-corrected chi connectivity index (χ1v) is 16.0. The van der Waals surface area contributed by atoms with Gasteiger partial charge in [-0.05, 0) is 85.7 Å². The van der Waals surface area contributed by atoms with E-state index in [0.29, 0.717) is 36.1 Å². The Kier molecular flexibility index (Phi) is 8.96. The molecule has 2 aliphatic heterocycles. The van der Waals surface area contributed by atoms with Crippen LogP contribution in [0.2, 0.25) is 0 Å². The maximum atomic E-state index is 13.3. The highest BCUT2D eigenvalue weighted by Crippen LogP contribution is 2.41. The SMILES string of the molecule is Cc1ccc(-n2nc(C(C)(C)C)cc2NC(=O)Nc2ccc(CC3CCN(C(=O)/C=C/c4ccc5c(c4)OC(F)(F)O5)CC3)cc2)cc1.